The van der Waals surface area contributed by atoms with E-state index in [0.29, 0.717) is 17.5 Å². The molecular formula is C45H29N3. The highest BCUT2D eigenvalue weighted by atomic mass is 15.0. The molecule has 0 N–H and O–H groups in total. The molecule has 48 heavy (non-hydrogen) atoms. The van der Waals surface area contributed by atoms with Crippen LogP contribution in [0.1, 0.15) is 0 Å². The van der Waals surface area contributed by atoms with Crippen LogP contribution in [0.5, 0.6) is 0 Å². The Bertz CT molecular complexity index is 2540. The average Bonchev–Trinajstić information content (AvgIpc) is 3.18. The Morgan fingerprint density at radius 1 is 0.229 bits per heavy atom. The Balaban J connectivity index is 1.27. The third-order valence-electron chi connectivity index (χ3n) is 9.07. The van der Waals surface area contributed by atoms with Crippen molar-refractivity contribution in [2.75, 3.05) is 0 Å². The van der Waals surface area contributed by atoms with E-state index in [0.717, 1.165) is 38.9 Å². The zero-order valence-electron chi connectivity index (χ0n) is 26.1. The van der Waals surface area contributed by atoms with Crippen LogP contribution < -0.4 is 0 Å². The molecule has 0 fully saturated rings. The van der Waals surface area contributed by atoms with Gasteiger partial charge in [-0.25, -0.2) is 15.0 Å². The first-order valence-electron chi connectivity index (χ1n) is 16.2. The fourth-order valence-electron chi connectivity index (χ4n) is 6.66. The molecule has 0 atom stereocenters. The largest absolute Gasteiger partial charge is 0.208 e. The first-order valence-corrected chi connectivity index (χ1v) is 16.2. The van der Waals surface area contributed by atoms with Crippen LogP contribution in [0.15, 0.2) is 176 Å². The van der Waals surface area contributed by atoms with Gasteiger partial charge in [-0.3, -0.25) is 0 Å². The zero-order valence-corrected chi connectivity index (χ0v) is 26.1. The lowest BCUT2D eigenvalue weighted by atomic mass is 9.95. The van der Waals surface area contributed by atoms with E-state index >= 15 is 0 Å². The maximum Gasteiger partial charge on any atom is 0.164 e. The molecule has 0 aliphatic heterocycles. The van der Waals surface area contributed by atoms with Gasteiger partial charge in [0.15, 0.2) is 17.5 Å². The van der Waals surface area contributed by atoms with Gasteiger partial charge in [0.05, 0.1) is 0 Å². The van der Waals surface area contributed by atoms with Crippen LogP contribution in [0, 0.1) is 0 Å². The number of benzene rings is 8. The number of hydrogen-bond acceptors (Lipinski definition) is 3. The van der Waals surface area contributed by atoms with Crippen molar-refractivity contribution in [3.63, 3.8) is 0 Å². The second kappa shape index (κ2) is 11.7. The third-order valence-corrected chi connectivity index (χ3v) is 9.07. The van der Waals surface area contributed by atoms with Crippen LogP contribution in [0.4, 0.5) is 0 Å². The molecule has 0 saturated heterocycles. The molecule has 0 aliphatic rings. The minimum Gasteiger partial charge on any atom is -0.208 e. The molecule has 0 aliphatic carbocycles. The van der Waals surface area contributed by atoms with E-state index in [2.05, 4.69) is 146 Å². The molecule has 0 saturated carbocycles. The van der Waals surface area contributed by atoms with Crippen molar-refractivity contribution >= 4 is 32.3 Å². The van der Waals surface area contributed by atoms with E-state index in [-0.39, 0.29) is 0 Å². The standard InChI is InChI=1S/C45H29N3/c1-4-12-30(13-5-1)36-26-37(31-14-6-2-7-15-31)28-38(27-36)45-47-43(34-17-8-3-9-18-34)46-44(48-45)35-21-20-33-23-24-40-39-19-11-10-16-32(39)22-25-41(40)42(33)29-35/h1-29H. The molecule has 224 valence electrons. The lowest BCUT2D eigenvalue weighted by Crippen LogP contribution is -2.00. The second-order valence-electron chi connectivity index (χ2n) is 12.1. The molecule has 0 amide bonds. The summed E-state index contributed by atoms with van der Waals surface area (Å²) in [6, 6.07) is 61.7. The predicted molar refractivity (Wildman–Crippen MR) is 200 cm³/mol. The smallest absolute Gasteiger partial charge is 0.164 e. The lowest BCUT2D eigenvalue weighted by molar-refractivity contribution is 1.07. The van der Waals surface area contributed by atoms with Gasteiger partial charge >= 0.3 is 0 Å². The van der Waals surface area contributed by atoms with Gasteiger partial charge in [-0.1, -0.05) is 152 Å². The molecule has 9 rings (SSSR count). The Labute approximate surface area is 278 Å². The van der Waals surface area contributed by atoms with Crippen molar-refractivity contribution in [2.24, 2.45) is 0 Å². The van der Waals surface area contributed by atoms with Crippen LogP contribution in [0.25, 0.3) is 88.7 Å². The molecule has 8 aromatic carbocycles. The van der Waals surface area contributed by atoms with Crippen molar-refractivity contribution in [3.8, 4) is 56.4 Å². The van der Waals surface area contributed by atoms with Crippen LogP contribution >= 0.6 is 0 Å². The summed E-state index contributed by atoms with van der Waals surface area (Å²) < 4.78 is 0. The van der Waals surface area contributed by atoms with Crippen LogP contribution in [-0.2, 0) is 0 Å². The SMILES string of the molecule is c1ccc(-c2cc(-c3ccccc3)cc(-c3nc(-c4ccccc4)nc(-c4ccc5ccc6c7ccccc7ccc6c5c4)n3)c2)cc1. The molecule has 0 radical (unpaired) electrons. The molecule has 3 heteroatoms. The average molecular weight is 612 g/mol. The molecule has 3 nitrogen and oxygen atoms in total. The topological polar surface area (TPSA) is 38.7 Å². The number of aromatic nitrogens is 3. The van der Waals surface area contributed by atoms with Crippen LogP contribution in [-0.4, -0.2) is 15.0 Å². The molecule has 1 heterocycles. The summed E-state index contributed by atoms with van der Waals surface area (Å²) in [6.07, 6.45) is 0. The second-order valence-corrected chi connectivity index (χ2v) is 12.1. The minimum absolute atomic E-state index is 0.637. The molecule has 0 spiro atoms. The number of rotatable bonds is 5. The molecule has 0 bridgehead atoms. The van der Waals surface area contributed by atoms with E-state index in [9.17, 15) is 0 Å². The van der Waals surface area contributed by atoms with Crippen molar-refractivity contribution < 1.29 is 0 Å². The van der Waals surface area contributed by atoms with Gasteiger partial charge in [-0.05, 0) is 78.8 Å². The van der Waals surface area contributed by atoms with Gasteiger partial charge in [-0.15, -0.1) is 0 Å². The maximum absolute atomic E-state index is 5.18. The van der Waals surface area contributed by atoms with Gasteiger partial charge in [0.25, 0.3) is 0 Å². The molecule has 0 unspecified atom stereocenters. The predicted octanol–water partition coefficient (Wildman–Crippen LogP) is 11.7. The van der Waals surface area contributed by atoms with E-state index in [1.807, 2.05) is 30.3 Å². The number of nitrogens with zero attached hydrogens (tertiary/aromatic N) is 3. The first kappa shape index (κ1) is 27.8. The minimum atomic E-state index is 0.637. The zero-order chi connectivity index (χ0) is 31.9. The Morgan fingerprint density at radius 3 is 1.29 bits per heavy atom. The third kappa shape index (κ3) is 5.08. The van der Waals surface area contributed by atoms with Crippen LogP contribution in [0.2, 0.25) is 0 Å². The highest BCUT2D eigenvalue weighted by Crippen LogP contribution is 2.36. The number of fused-ring (bicyclic) bond motifs is 5. The van der Waals surface area contributed by atoms with Gasteiger partial charge in [0, 0.05) is 16.7 Å². The fraction of sp³-hybridized carbons (Fsp3) is 0. The Morgan fingerprint density at radius 2 is 0.667 bits per heavy atom. The summed E-state index contributed by atoms with van der Waals surface area (Å²) in [5.74, 6) is 1.92. The quantitative estimate of drug-likeness (QED) is 0.182. The monoisotopic (exact) mass is 611 g/mol. The van der Waals surface area contributed by atoms with Crippen molar-refractivity contribution in [1.29, 1.82) is 0 Å². The lowest BCUT2D eigenvalue weighted by Gasteiger charge is -2.13. The van der Waals surface area contributed by atoms with E-state index in [1.165, 1.54) is 32.3 Å². The summed E-state index contributed by atoms with van der Waals surface area (Å²) in [5, 5.41) is 7.31. The van der Waals surface area contributed by atoms with Crippen molar-refractivity contribution in [1.82, 2.24) is 15.0 Å². The van der Waals surface area contributed by atoms with Crippen molar-refractivity contribution in [3.05, 3.63) is 176 Å². The van der Waals surface area contributed by atoms with Gasteiger partial charge in [0.1, 0.15) is 0 Å². The molecular weight excluding hydrogens is 583 g/mol. The first-order chi connectivity index (χ1) is 23.8. The van der Waals surface area contributed by atoms with E-state index in [1.54, 1.807) is 0 Å². The number of hydrogen-bond donors (Lipinski definition) is 0. The highest BCUT2D eigenvalue weighted by Gasteiger charge is 2.16. The maximum atomic E-state index is 5.18. The summed E-state index contributed by atoms with van der Waals surface area (Å²) in [6.45, 7) is 0. The Hall–Kier alpha value is -6.45. The van der Waals surface area contributed by atoms with E-state index in [4.69, 9.17) is 15.0 Å². The van der Waals surface area contributed by atoms with Gasteiger partial charge < -0.3 is 0 Å². The van der Waals surface area contributed by atoms with Gasteiger partial charge in [0.2, 0.25) is 0 Å². The molecule has 1 aromatic heterocycles. The normalized spacial score (nSPS) is 11.3. The Kier molecular flexibility index (Phi) is 6.80. The summed E-state index contributed by atoms with van der Waals surface area (Å²) in [7, 11) is 0. The summed E-state index contributed by atoms with van der Waals surface area (Å²) in [4.78, 5) is 15.4. The fourth-order valence-corrected chi connectivity index (χ4v) is 6.66. The van der Waals surface area contributed by atoms with Crippen LogP contribution in [0.3, 0.4) is 0 Å². The van der Waals surface area contributed by atoms with Crippen molar-refractivity contribution in [2.45, 2.75) is 0 Å². The van der Waals surface area contributed by atoms with E-state index < -0.39 is 0 Å². The van der Waals surface area contributed by atoms with Gasteiger partial charge in [-0.2, -0.15) is 0 Å². The summed E-state index contributed by atoms with van der Waals surface area (Å²) in [5.41, 5.74) is 7.34. The summed E-state index contributed by atoms with van der Waals surface area (Å²) >= 11 is 0. The highest BCUT2D eigenvalue weighted by molar-refractivity contribution is 6.17. The molecule has 9 aromatic rings.